The van der Waals surface area contributed by atoms with E-state index in [0.717, 1.165) is 5.76 Å². The van der Waals surface area contributed by atoms with Crippen LogP contribution in [0.4, 0.5) is 0 Å². The molecule has 3 rings (SSSR count). The van der Waals surface area contributed by atoms with Gasteiger partial charge in [-0.3, -0.25) is 4.79 Å². The van der Waals surface area contributed by atoms with E-state index in [4.69, 9.17) is 13.7 Å². The third-order valence-electron chi connectivity index (χ3n) is 3.05. The summed E-state index contributed by atoms with van der Waals surface area (Å²) < 4.78 is 15.9. The summed E-state index contributed by atoms with van der Waals surface area (Å²) in [7, 11) is 0. The number of aryl methyl sites for hydroxylation is 1. The van der Waals surface area contributed by atoms with Crippen LogP contribution in [0.1, 0.15) is 28.1 Å². The van der Waals surface area contributed by atoms with Crippen LogP contribution in [-0.2, 0) is 4.74 Å². The Balaban J connectivity index is 1.73. The number of rotatable bonds is 2. The van der Waals surface area contributed by atoms with Crippen molar-refractivity contribution >= 4 is 5.91 Å². The molecule has 2 aromatic heterocycles. The van der Waals surface area contributed by atoms with E-state index < -0.39 is 0 Å². The quantitative estimate of drug-likeness (QED) is 0.825. The lowest BCUT2D eigenvalue weighted by molar-refractivity contribution is -0.0331. The van der Waals surface area contributed by atoms with E-state index in [-0.39, 0.29) is 17.8 Å². The average molecular weight is 262 g/mol. The second-order valence-corrected chi connectivity index (χ2v) is 4.46. The summed E-state index contributed by atoms with van der Waals surface area (Å²) in [5.74, 6) is 0.823. The van der Waals surface area contributed by atoms with Crippen LogP contribution in [0, 0.1) is 6.92 Å². The molecule has 6 nitrogen and oxygen atoms in total. The van der Waals surface area contributed by atoms with Gasteiger partial charge in [0.05, 0.1) is 25.1 Å². The molecule has 0 N–H and O–H groups in total. The van der Waals surface area contributed by atoms with Crippen LogP contribution in [0.15, 0.2) is 33.4 Å². The highest BCUT2D eigenvalue weighted by Crippen LogP contribution is 2.23. The maximum atomic E-state index is 12.2. The largest absolute Gasteiger partial charge is 0.467 e. The SMILES string of the molecule is Cc1cc(C(=O)N2CCO[C@H](c3ccco3)C2)on1. The first kappa shape index (κ1) is 12.0. The van der Waals surface area contributed by atoms with Crippen molar-refractivity contribution in [2.45, 2.75) is 13.0 Å². The molecule has 6 heteroatoms. The van der Waals surface area contributed by atoms with Crippen molar-refractivity contribution in [3.05, 3.63) is 41.7 Å². The Labute approximate surface area is 109 Å². The van der Waals surface area contributed by atoms with Crippen LogP contribution in [0.3, 0.4) is 0 Å². The number of nitrogens with zero attached hydrogens (tertiary/aromatic N) is 2. The first-order valence-corrected chi connectivity index (χ1v) is 6.11. The zero-order chi connectivity index (χ0) is 13.2. The third kappa shape index (κ3) is 2.39. The molecule has 3 heterocycles. The predicted molar refractivity (Wildman–Crippen MR) is 64.5 cm³/mol. The normalized spacial score (nSPS) is 19.6. The van der Waals surface area contributed by atoms with E-state index in [0.29, 0.717) is 25.4 Å². The van der Waals surface area contributed by atoms with E-state index in [1.165, 1.54) is 0 Å². The molecule has 0 aromatic carbocycles. The molecule has 1 atom stereocenters. The van der Waals surface area contributed by atoms with Crippen molar-refractivity contribution in [2.75, 3.05) is 19.7 Å². The topological polar surface area (TPSA) is 68.7 Å². The number of hydrogen-bond acceptors (Lipinski definition) is 5. The first-order chi connectivity index (χ1) is 9.24. The number of carbonyl (C=O) groups is 1. The molecule has 1 saturated heterocycles. The van der Waals surface area contributed by atoms with Crippen molar-refractivity contribution in [3.8, 4) is 0 Å². The van der Waals surface area contributed by atoms with E-state index >= 15 is 0 Å². The zero-order valence-corrected chi connectivity index (χ0v) is 10.5. The molecule has 0 spiro atoms. The van der Waals surface area contributed by atoms with Crippen LogP contribution in [-0.4, -0.2) is 35.7 Å². The molecule has 0 unspecified atom stereocenters. The Bertz CT molecular complexity index is 561. The molecule has 1 aliphatic rings. The summed E-state index contributed by atoms with van der Waals surface area (Å²) in [6.07, 6.45) is 1.37. The van der Waals surface area contributed by atoms with Gasteiger partial charge in [0.15, 0.2) is 0 Å². The van der Waals surface area contributed by atoms with Gasteiger partial charge in [-0.05, 0) is 19.1 Å². The molecule has 0 saturated carbocycles. The monoisotopic (exact) mass is 262 g/mol. The molecule has 19 heavy (non-hydrogen) atoms. The lowest BCUT2D eigenvalue weighted by Crippen LogP contribution is -2.42. The van der Waals surface area contributed by atoms with E-state index in [9.17, 15) is 4.79 Å². The molecule has 0 bridgehead atoms. The van der Waals surface area contributed by atoms with Gasteiger partial charge in [-0.25, -0.2) is 0 Å². The molecule has 1 aliphatic heterocycles. The summed E-state index contributed by atoms with van der Waals surface area (Å²) in [4.78, 5) is 13.9. The second-order valence-electron chi connectivity index (χ2n) is 4.46. The van der Waals surface area contributed by atoms with E-state index in [2.05, 4.69) is 5.16 Å². The molecule has 0 radical (unpaired) electrons. The number of amides is 1. The van der Waals surface area contributed by atoms with Crippen molar-refractivity contribution in [3.63, 3.8) is 0 Å². The number of carbonyl (C=O) groups excluding carboxylic acids is 1. The first-order valence-electron chi connectivity index (χ1n) is 6.11. The van der Waals surface area contributed by atoms with Gasteiger partial charge in [0.25, 0.3) is 5.91 Å². The van der Waals surface area contributed by atoms with E-state index in [1.807, 2.05) is 6.07 Å². The average Bonchev–Trinajstić information content (AvgIpc) is 3.09. The van der Waals surface area contributed by atoms with Crippen LogP contribution in [0.5, 0.6) is 0 Å². The number of aromatic nitrogens is 1. The third-order valence-corrected chi connectivity index (χ3v) is 3.05. The minimum Gasteiger partial charge on any atom is -0.467 e. The van der Waals surface area contributed by atoms with Gasteiger partial charge in [-0.2, -0.15) is 0 Å². The zero-order valence-electron chi connectivity index (χ0n) is 10.5. The van der Waals surface area contributed by atoms with Crippen LogP contribution in [0.2, 0.25) is 0 Å². The minimum absolute atomic E-state index is 0.166. The molecule has 1 fully saturated rings. The predicted octanol–water partition coefficient (Wildman–Crippen LogP) is 1.79. The Morgan fingerprint density at radius 3 is 3.11 bits per heavy atom. The van der Waals surface area contributed by atoms with Gasteiger partial charge in [0, 0.05) is 12.6 Å². The fourth-order valence-electron chi connectivity index (χ4n) is 2.10. The maximum absolute atomic E-state index is 12.2. The van der Waals surface area contributed by atoms with Gasteiger partial charge in [-0.1, -0.05) is 5.16 Å². The molecule has 100 valence electrons. The highest BCUT2D eigenvalue weighted by molar-refractivity contribution is 5.91. The number of hydrogen-bond donors (Lipinski definition) is 0. The van der Waals surface area contributed by atoms with Gasteiger partial charge in [0.2, 0.25) is 5.76 Å². The Kier molecular flexibility index (Phi) is 3.08. The van der Waals surface area contributed by atoms with Gasteiger partial charge in [0.1, 0.15) is 11.9 Å². The molecular formula is C13H14N2O4. The van der Waals surface area contributed by atoms with Crippen LogP contribution >= 0.6 is 0 Å². The lowest BCUT2D eigenvalue weighted by Gasteiger charge is -2.31. The van der Waals surface area contributed by atoms with E-state index in [1.54, 1.807) is 30.2 Å². The standard InChI is InChI=1S/C13H14N2O4/c1-9-7-11(19-14-9)13(16)15-4-6-18-12(8-15)10-3-2-5-17-10/h2-3,5,7,12H,4,6,8H2,1H3/t12-/m0/s1. The summed E-state index contributed by atoms with van der Waals surface area (Å²) in [5, 5.41) is 3.73. The van der Waals surface area contributed by atoms with Crippen LogP contribution in [0.25, 0.3) is 0 Å². The Morgan fingerprint density at radius 2 is 2.42 bits per heavy atom. The molecule has 2 aromatic rings. The number of ether oxygens (including phenoxy) is 1. The number of morpholine rings is 1. The van der Waals surface area contributed by atoms with Crippen molar-refractivity contribution < 1.29 is 18.5 Å². The van der Waals surface area contributed by atoms with Crippen LogP contribution < -0.4 is 0 Å². The van der Waals surface area contributed by atoms with Crippen molar-refractivity contribution in [2.24, 2.45) is 0 Å². The van der Waals surface area contributed by atoms with Gasteiger partial charge in [-0.15, -0.1) is 0 Å². The minimum atomic E-state index is -0.225. The lowest BCUT2D eigenvalue weighted by atomic mass is 10.2. The maximum Gasteiger partial charge on any atom is 0.292 e. The highest BCUT2D eigenvalue weighted by atomic mass is 16.5. The summed E-state index contributed by atoms with van der Waals surface area (Å²) in [6.45, 7) is 3.25. The second kappa shape index (κ2) is 4.89. The summed E-state index contributed by atoms with van der Waals surface area (Å²) in [6, 6.07) is 5.29. The Morgan fingerprint density at radius 1 is 1.53 bits per heavy atom. The fraction of sp³-hybridized carbons (Fsp3) is 0.385. The smallest absolute Gasteiger partial charge is 0.292 e. The Hall–Kier alpha value is -2.08. The molecular weight excluding hydrogens is 248 g/mol. The van der Waals surface area contributed by atoms with Gasteiger partial charge >= 0.3 is 0 Å². The van der Waals surface area contributed by atoms with Crippen molar-refractivity contribution in [1.29, 1.82) is 0 Å². The molecule has 0 aliphatic carbocycles. The number of furan rings is 1. The fourth-order valence-corrected chi connectivity index (χ4v) is 2.10. The summed E-state index contributed by atoms with van der Waals surface area (Å²) >= 11 is 0. The highest BCUT2D eigenvalue weighted by Gasteiger charge is 2.29. The van der Waals surface area contributed by atoms with Crippen molar-refractivity contribution in [1.82, 2.24) is 10.1 Å². The summed E-state index contributed by atoms with van der Waals surface area (Å²) in [5.41, 5.74) is 0.694. The van der Waals surface area contributed by atoms with Gasteiger partial charge < -0.3 is 18.6 Å². The molecule has 1 amide bonds.